The van der Waals surface area contributed by atoms with Gasteiger partial charge in [0, 0.05) is 11.5 Å². The van der Waals surface area contributed by atoms with E-state index in [-0.39, 0.29) is 22.9 Å². The Morgan fingerprint density at radius 2 is 1.84 bits per heavy atom. The molecule has 5 rings (SSSR count). The largest absolute Gasteiger partial charge is 0.783 e. The number of fused-ring (bicyclic) bond motifs is 5. The fourth-order valence-electron chi connectivity index (χ4n) is 9.00. The Morgan fingerprint density at radius 1 is 1.09 bits per heavy atom. The summed E-state index contributed by atoms with van der Waals surface area (Å²) in [4.78, 5) is 15.8. The van der Waals surface area contributed by atoms with Crippen molar-refractivity contribution in [2.75, 3.05) is 6.61 Å². The highest BCUT2D eigenvalue weighted by Crippen LogP contribution is 2.68. The molecule has 3 saturated carbocycles. The standard InChI is InChI=1S/C25H39N2O5/c1-22(2)15-31-25(5,26(22)28)21-9-8-19-18-7-6-16-14-17(32-27(29)30)10-12-23(16,3)20(18)11-13-24(19,21)4/h6,17-21H,7-15H2,1-5H3/q-1/t17-,18?,19?,20?,21+,23+,24+,25?/m1/s1. The van der Waals surface area contributed by atoms with Crippen molar-refractivity contribution in [2.24, 2.45) is 34.5 Å². The molecule has 1 aliphatic heterocycles. The van der Waals surface area contributed by atoms with Crippen molar-refractivity contribution in [1.82, 2.24) is 5.06 Å². The van der Waals surface area contributed by atoms with E-state index in [4.69, 9.17) is 9.57 Å². The van der Waals surface area contributed by atoms with E-state index in [1.54, 1.807) is 0 Å². The van der Waals surface area contributed by atoms with E-state index in [9.17, 15) is 15.3 Å². The molecule has 1 saturated heterocycles. The number of allylic oxidation sites excluding steroid dienone is 1. The summed E-state index contributed by atoms with van der Waals surface area (Å²) >= 11 is 0. The summed E-state index contributed by atoms with van der Waals surface area (Å²) in [6.45, 7) is 11.3. The van der Waals surface area contributed by atoms with Crippen LogP contribution < -0.4 is 0 Å². The van der Waals surface area contributed by atoms with Crippen LogP contribution >= 0.6 is 0 Å². The molecule has 4 fully saturated rings. The first-order valence-corrected chi connectivity index (χ1v) is 12.5. The maximum Gasteiger partial charge on any atom is 0.294 e. The zero-order chi connectivity index (χ0) is 23.1. The van der Waals surface area contributed by atoms with Crippen molar-refractivity contribution in [1.29, 1.82) is 0 Å². The lowest BCUT2D eigenvalue weighted by atomic mass is 9.47. The molecular formula is C25H39N2O5-. The molecule has 0 bridgehead atoms. The fraction of sp³-hybridized carbons (Fsp3) is 0.920. The molecule has 0 spiro atoms. The third-order valence-electron chi connectivity index (χ3n) is 10.6. The molecule has 0 aromatic carbocycles. The van der Waals surface area contributed by atoms with Crippen LogP contribution in [0.1, 0.15) is 86.0 Å². The van der Waals surface area contributed by atoms with Gasteiger partial charge in [-0.05, 0) is 101 Å². The molecule has 8 atom stereocenters. The third-order valence-corrected chi connectivity index (χ3v) is 10.6. The van der Waals surface area contributed by atoms with E-state index in [0.29, 0.717) is 30.8 Å². The predicted molar refractivity (Wildman–Crippen MR) is 121 cm³/mol. The average Bonchev–Trinajstić information content (AvgIpc) is 3.18. The minimum atomic E-state index is -0.739. The van der Waals surface area contributed by atoms with Crippen molar-refractivity contribution in [3.05, 3.63) is 27.0 Å². The number of ether oxygens (including phenoxy) is 1. The van der Waals surface area contributed by atoms with Crippen LogP contribution in [0, 0.1) is 49.8 Å². The Bertz CT molecular complexity index is 829. The second kappa shape index (κ2) is 7.16. The molecule has 7 nitrogen and oxygen atoms in total. The van der Waals surface area contributed by atoms with Crippen molar-refractivity contribution >= 4 is 0 Å². The van der Waals surface area contributed by atoms with Gasteiger partial charge >= 0.3 is 0 Å². The van der Waals surface area contributed by atoms with E-state index in [0.717, 1.165) is 32.1 Å². The number of rotatable bonds is 3. The smallest absolute Gasteiger partial charge is 0.294 e. The molecule has 0 N–H and O–H groups in total. The second-order valence-corrected chi connectivity index (χ2v) is 12.6. The van der Waals surface area contributed by atoms with E-state index in [1.165, 1.54) is 23.5 Å². The molecule has 32 heavy (non-hydrogen) atoms. The third kappa shape index (κ3) is 3.03. The first kappa shape index (κ1) is 22.6. The predicted octanol–water partition coefficient (Wildman–Crippen LogP) is 5.47. The Hall–Kier alpha value is -1.18. The first-order valence-electron chi connectivity index (χ1n) is 12.5. The maximum atomic E-state index is 13.3. The zero-order valence-electron chi connectivity index (χ0n) is 20.3. The summed E-state index contributed by atoms with van der Waals surface area (Å²) in [5, 5.41) is 24.8. The Kier molecular flexibility index (Phi) is 5.06. The molecule has 0 aromatic heterocycles. The Balaban J connectivity index is 1.40. The number of hydroxylamine groups is 2. The molecule has 0 aromatic rings. The summed E-state index contributed by atoms with van der Waals surface area (Å²) in [5.74, 6) is 2.10. The van der Waals surface area contributed by atoms with Gasteiger partial charge in [-0.2, -0.15) is 0 Å². The fourth-order valence-corrected chi connectivity index (χ4v) is 9.00. The summed E-state index contributed by atoms with van der Waals surface area (Å²) in [7, 11) is 0. The summed E-state index contributed by atoms with van der Waals surface area (Å²) in [6, 6.07) is 0. The lowest BCUT2D eigenvalue weighted by Crippen LogP contribution is -2.57. The lowest BCUT2D eigenvalue weighted by Gasteiger charge is -2.60. The molecule has 4 unspecified atom stereocenters. The number of hydrogen-bond acceptors (Lipinski definition) is 6. The number of hydrogen-bond donors (Lipinski definition) is 0. The van der Waals surface area contributed by atoms with Crippen LogP contribution in [-0.4, -0.2) is 34.1 Å². The normalized spacial score (nSPS) is 50.2. The van der Waals surface area contributed by atoms with Gasteiger partial charge in [0.15, 0.2) is 0 Å². The molecule has 0 radical (unpaired) electrons. The van der Waals surface area contributed by atoms with Crippen molar-refractivity contribution in [3.63, 3.8) is 0 Å². The Morgan fingerprint density at radius 3 is 2.50 bits per heavy atom. The molecule has 4 aliphatic carbocycles. The minimum absolute atomic E-state index is 0.118. The highest BCUT2D eigenvalue weighted by atomic mass is 17.0. The number of nitrogens with zero attached hydrogens (tertiary/aromatic N) is 2. The lowest BCUT2D eigenvalue weighted by molar-refractivity contribution is -0.769. The molecule has 5 aliphatic rings. The monoisotopic (exact) mass is 447 g/mol. The van der Waals surface area contributed by atoms with Crippen LogP contribution in [0.5, 0.6) is 0 Å². The van der Waals surface area contributed by atoms with Crippen LogP contribution in [-0.2, 0) is 9.57 Å². The van der Waals surface area contributed by atoms with Crippen molar-refractivity contribution < 1.29 is 14.7 Å². The van der Waals surface area contributed by atoms with Gasteiger partial charge in [0.25, 0.3) is 5.09 Å². The highest BCUT2D eigenvalue weighted by molar-refractivity contribution is 5.26. The first-order chi connectivity index (χ1) is 14.9. The van der Waals surface area contributed by atoms with Gasteiger partial charge in [0.2, 0.25) is 0 Å². The molecule has 0 amide bonds. The summed E-state index contributed by atoms with van der Waals surface area (Å²) < 4.78 is 6.28. The average molecular weight is 448 g/mol. The quantitative estimate of drug-likeness (QED) is 0.324. The zero-order valence-corrected chi connectivity index (χ0v) is 20.3. The van der Waals surface area contributed by atoms with Gasteiger partial charge in [-0.1, -0.05) is 25.5 Å². The Labute approximate surface area is 191 Å². The van der Waals surface area contributed by atoms with E-state index < -0.39 is 16.4 Å². The van der Waals surface area contributed by atoms with Gasteiger partial charge in [-0.3, -0.25) is 0 Å². The van der Waals surface area contributed by atoms with Crippen LogP contribution in [0.3, 0.4) is 0 Å². The van der Waals surface area contributed by atoms with Crippen LogP contribution in [0.25, 0.3) is 0 Å². The second-order valence-electron chi connectivity index (χ2n) is 12.6. The minimum Gasteiger partial charge on any atom is -0.783 e. The van der Waals surface area contributed by atoms with Gasteiger partial charge < -0.3 is 19.8 Å². The molecular weight excluding hydrogens is 408 g/mol. The van der Waals surface area contributed by atoms with Gasteiger partial charge in [0.05, 0.1) is 6.61 Å². The molecule has 7 heteroatoms. The maximum absolute atomic E-state index is 13.3. The summed E-state index contributed by atoms with van der Waals surface area (Å²) in [6.07, 6.45) is 10.1. The van der Waals surface area contributed by atoms with E-state index >= 15 is 0 Å². The van der Waals surface area contributed by atoms with Gasteiger partial charge in [0.1, 0.15) is 11.8 Å². The van der Waals surface area contributed by atoms with Crippen LogP contribution in [0.15, 0.2) is 11.6 Å². The SMILES string of the molecule is CC1(C)COC(C)([C@H]2CCC3C4CC=C5C[C@H](O[N+](=O)[O-])CC[C@]5(C)C4CC[C@@]32C)N1[O-]. The van der Waals surface area contributed by atoms with E-state index in [1.807, 2.05) is 20.8 Å². The van der Waals surface area contributed by atoms with Crippen molar-refractivity contribution in [3.8, 4) is 0 Å². The van der Waals surface area contributed by atoms with Crippen LogP contribution in [0.4, 0.5) is 0 Å². The highest BCUT2D eigenvalue weighted by Gasteiger charge is 2.63. The van der Waals surface area contributed by atoms with Crippen LogP contribution in [0.2, 0.25) is 0 Å². The van der Waals surface area contributed by atoms with E-state index in [2.05, 4.69) is 19.9 Å². The van der Waals surface area contributed by atoms with Crippen molar-refractivity contribution in [2.45, 2.75) is 103 Å². The van der Waals surface area contributed by atoms with Gasteiger partial charge in [-0.25, -0.2) is 0 Å². The molecule has 1 heterocycles. The molecule has 180 valence electrons. The topological polar surface area (TPSA) is 87.9 Å². The van der Waals surface area contributed by atoms with Gasteiger partial charge in [-0.15, -0.1) is 10.1 Å². The summed E-state index contributed by atoms with van der Waals surface area (Å²) in [5.41, 5.74) is 0.415.